The number of imidazole rings is 1. The van der Waals surface area contributed by atoms with Crippen LogP contribution in [0.1, 0.15) is 44.6 Å². The molecule has 4 heterocycles. The predicted octanol–water partition coefficient (Wildman–Crippen LogP) is 4.66. The van der Waals surface area contributed by atoms with Crippen LogP contribution in [0.4, 0.5) is 26.1 Å². The fourth-order valence-corrected chi connectivity index (χ4v) is 6.35. The average Bonchev–Trinajstić information content (AvgIpc) is 3.61. The minimum Gasteiger partial charge on any atom is -0.385 e. The molecule has 2 fully saturated rings. The molecule has 3 atom stereocenters. The summed E-state index contributed by atoms with van der Waals surface area (Å²) in [6.45, 7) is 3.64. The summed E-state index contributed by atoms with van der Waals surface area (Å²) in [6, 6.07) is 9.40. The Labute approximate surface area is 248 Å². The molecule has 2 aliphatic rings. The molecule has 1 aliphatic heterocycles. The minimum absolute atomic E-state index is 0.0955. The summed E-state index contributed by atoms with van der Waals surface area (Å²) in [7, 11) is 0. The molecule has 1 saturated heterocycles. The Hall–Kier alpha value is -4.18. The second-order valence-electron chi connectivity index (χ2n) is 11.5. The van der Waals surface area contributed by atoms with Gasteiger partial charge < -0.3 is 25.8 Å². The molecular weight excluding hydrogens is 554 g/mol. The molecule has 0 amide bonds. The summed E-state index contributed by atoms with van der Waals surface area (Å²) < 4.78 is 38.1. The number of nitrogens with two attached hydrogens (primary N) is 1. The maximum absolute atomic E-state index is 15.4. The highest BCUT2D eigenvalue weighted by atomic mass is 19.1. The maximum Gasteiger partial charge on any atom is 0.229 e. The third-order valence-electron chi connectivity index (χ3n) is 8.48. The molecule has 6 rings (SSSR count). The molecule has 4 aromatic rings. The number of hydrogen-bond acceptors (Lipinski definition) is 9. The molecule has 1 saturated carbocycles. The molecule has 1 aliphatic carbocycles. The minimum atomic E-state index is -1.21. The van der Waals surface area contributed by atoms with E-state index in [-0.39, 0.29) is 34.9 Å². The number of ether oxygens (including phenoxy) is 1. The van der Waals surface area contributed by atoms with Gasteiger partial charge in [0.05, 0.1) is 71.3 Å². The van der Waals surface area contributed by atoms with E-state index >= 15 is 8.78 Å². The second-order valence-corrected chi connectivity index (χ2v) is 11.5. The zero-order valence-corrected chi connectivity index (χ0v) is 23.9. The molecule has 1 aromatic carbocycles. The van der Waals surface area contributed by atoms with Crippen LogP contribution in [-0.4, -0.2) is 56.5 Å². The molecule has 4 N–H and O–H groups in total. The van der Waals surface area contributed by atoms with E-state index < -0.39 is 17.2 Å². The SMILES string of the molecule is CC1CN(c2ccncc2Nc2ncc3ccc(-c4c(F)cc(C5(O)CCCC5)cc4F)nn23)CC(N)C1OCCC#N. The highest BCUT2D eigenvalue weighted by Crippen LogP contribution is 2.40. The summed E-state index contributed by atoms with van der Waals surface area (Å²) in [4.78, 5) is 10.9. The number of aliphatic hydroxyl groups is 1. The normalized spacial score (nSPS) is 21.7. The third kappa shape index (κ3) is 5.63. The van der Waals surface area contributed by atoms with Crippen molar-refractivity contribution in [3.8, 4) is 17.3 Å². The number of pyridine rings is 1. The fraction of sp³-hybridized carbons (Fsp3) is 0.419. The molecule has 0 bridgehead atoms. The van der Waals surface area contributed by atoms with Crippen LogP contribution in [0.3, 0.4) is 0 Å². The zero-order valence-electron chi connectivity index (χ0n) is 23.9. The lowest BCUT2D eigenvalue weighted by Gasteiger charge is -2.42. The summed E-state index contributed by atoms with van der Waals surface area (Å²) in [5, 5.41) is 27.5. The van der Waals surface area contributed by atoms with Gasteiger partial charge in [0.2, 0.25) is 5.95 Å². The van der Waals surface area contributed by atoms with Crippen LogP contribution in [0.5, 0.6) is 0 Å². The lowest BCUT2D eigenvalue weighted by atomic mass is 9.90. The Kier molecular flexibility index (Phi) is 7.96. The Morgan fingerprint density at radius 3 is 2.65 bits per heavy atom. The maximum atomic E-state index is 15.4. The third-order valence-corrected chi connectivity index (χ3v) is 8.48. The van der Waals surface area contributed by atoms with Gasteiger partial charge in [-0.25, -0.2) is 13.8 Å². The van der Waals surface area contributed by atoms with E-state index in [1.165, 1.54) is 16.6 Å². The van der Waals surface area contributed by atoms with Crippen LogP contribution >= 0.6 is 0 Å². The molecule has 3 aromatic heterocycles. The quantitative estimate of drug-likeness (QED) is 0.251. The second kappa shape index (κ2) is 11.8. The van der Waals surface area contributed by atoms with Gasteiger partial charge in [0.1, 0.15) is 11.6 Å². The highest BCUT2D eigenvalue weighted by molar-refractivity contribution is 5.74. The molecule has 0 spiro atoms. The number of nitrogens with zero attached hydrogens (tertiary/aromatic N) is 6. The van der Waals surface area contributed by atoms with Gasteiger partial charge in [-0.05, 0) is 48.7 Å². The van der Waals surface area contributed by atoms with Crippen LogP contribution in [0.15, 0.2) is 48.9 Å². The van der Waals surface area contributed by atoms with Gasteiger partial charge >= 0.3 is 0 Å². The van der Waals surface area contributed by atoms with Crippen LogP contribution < -0.4 is 16.0 Å². The van der Waals surface area contributed by atoms with Crippen LogP contribution in [-0.2, 0) is 10.3 Å². The first-order chi connectivity index (χ1) is 20.8. The van der Waals surface area contributed by atoms with Gasteiger partial charge in [-0.1, -0.05) is 19.8 Å². The average molecular weight is 589 g/mol. The van der Waals surface area contributed by atoms with Gasteiger partial charge in [0.25, 0.3) is 0 Å². The topological polar surface area (TPSA) is 138 Å². The predicted molar refractivity (Wildman–Crippen MR) is 158 cm³/mol. The standard InChI is InChI=1S/C31H34F2N8O2/c1-19-17-40(18-24(35)29(19)43-12-4-10-34)27-7-11-36-16-26(27)38-30-37-15-21-5-6-25(39-41(21)30)28-22(32)13-20(14-23(28)33)31(42)8-2-3-9-31/h5-7,11,13-16,19,24,29,42H,2-4,8-9,12,17-18,35H2,1H3,(H,37,38). The van der Waals surface area contributed by atoms with Gasteiger partial charge in [0, 0.05) is 31.2 Å². The van der Waals surface area contributed by atoms with Crippen molar-refractivity contribution >= 4 is 22.8 Å². The number of nitriles is 1. The Morgan fingerprint density at radius 2 is 1.93 bits per heavy atom. The van der Waals surface area contributed by atoms with Crippen molar-refractivity contribution in [3.05, 3.63) is 66.1 Å². The highest BCUT2D eigenvalue weighted by Gasteiger charge is 2.35. The number of piperidine rings is 1. The van der Waals surface area contributed by atoms with Crippen molar-refractivity contribution in [1.29, 1.82) is 5.26 Å². The Morgan fingerprint density at radius 1 is 1.16 bits per heavy atom. The summed E-state index contributed by atoms with van der Waals surface area (Å²) in [5.41, 5.74) is 7.53. The number of benzene rings is 1. The van der Waals surface area contributed by atoms with Gasteiger partial charge in [0.15, 0.2) is 0 Å². The number of anilines is 3. The lowest BCUT2D eigenvalue weighted by Crippen LogP contribution is -2.56. The van der Waals surface area contributed by atoms with E-state index in [0.717, 1.165) is 18.5 Å². The number of aromatic nitrogens is 4. The zero-order chi connectivity index (χ0) is 30.1. The first kappa shape index (κ1) is 28.9. The van der Waals surface area contributed by atoms with Crippen LogP contribution in [0, 0.1) is 28.9 Å². The van der Waals surface area contributed by atoms with E-state index in [1.807, 2.05) is 6.07 Å². The molecule has 0 radical (unpaired) electrons. The van der Waals surface area contributed by atoms with Gasteiger partial charge in [-0.3, -0.25) is 4.98 Å². The van der Waals surface area contributed by atoms with E-state index in [4.69, 9.17) is 15.7 Å². The Bertz CT molecular complexity index is 1630. The Balaban J connectivity index is 1.27. The monoisotopic (exact) mass is 588 g/mol. The van der Waals surface area contributed by atoms with Crippen LogP contribution in [0.2, 0.25) is 0 Å². The fourth-order valence-electron chi connectivity index (χ4n) is 6.35. The molecular formula is C31H34F2N8O2. The van der Waals surface area contributed by atoms with Crippen molar-refractivity contribution < 1.29 is 18.6 Å². The number of fused-ring (bicyclic) bond motifs is 1. The summed E-state index contributed by atoms with van der Waals surface area (Å²) in [6.07, 6.45) is 7.75. The molecule has 10 nitrogen and oxygen atoms in total. The van der Waals surface area contributed by atoms with Gasteiger partial charge in [-0.15, -0.1) is 0 Å². The van der Waals surface area contributed by atoms with Gasteiger partial charge in [-0.2, -0.15) is 14.9 Å². The van der Waals surface area contributed by atoms with Crippen molar-refractivity contribution in [1.82, 2.24) is 19.6 Å². The smallest absolute Gasteiger partial charge is 0.229 e. The molecule has 12 heteroatoms. The molecule has 224 valence electrons. The lowest BCUT2D eigenvalue weighted by molar-refractivity contribution is -0.00331. The molecule has 3 unspecified atom stereocenters. The van der Waals surface area contributed by atoms with Crippen LogP contribution in [0.25, 0.3) is 16.8 Å². The van der Waals surface area contributed by atoms with E-state index in [9.17, 15) is 5.11 Å². The van der Waals surface area contributed by atoms with E-state index in [1.54, 1.807) is 30.7 Å². The summed E-state index contributed by atoms with van der Waals surface area (Å²) >= 11 is 0. The van der Waals surface area contributed by atoms with Crippen molar-refractivity contribution in [3.63, 3.8) is 0 Å². The molecule has 43 heavy (non-hydrogen) atoms. The van der Waals surface area contributed by atoms with Crippen molar-refractivity contribution in [2.45, 2.75) is 56.8 Å². The van der Waals surface area contributed by atoms with Crippen molar-refractivity contribution in [2.75, 3.05) is 29.9 Å². The first-order valence-electron chi connectivity index (χ1n) is 14.5. The van der Waals surface area contributed by atoms with E-state index in [0.29, 0.717) is 56.1 Å². The van der Waals surface area contributed by atoms with Crippen molar-refractivity contribution in [2.24, 2.45) is 11.7 Å². The number of nitrogens with one attached hydrogen (secondary N) is 1. The summed E-state index contributed by atoms with van der Waals surface area (Å²) in [5.74, 6) is -1.10. The largest absolute Gasteiger partial charge is 0.385 e. The first-order valence-corrected chi connectivity index (χ1v) is 14.5. The number of rotatable bonds is 8. The number of halogens is 2. The van der Waals surface area contributed by atoms with E-state index in [2.05, 4.69) is 38.3 Å². The number of hydrogen-bond donors (Lipinski definition) is 3.